The molecule has 3 amide bonds. The predicted octanol–water partition coefficient (Wildman–Crippen LogP) is 2.91. The second kappa shape index (κ2) is 11.3. The van der Waals surface area contributed by atoms with Gasteiger partial charge in [0.2, 0.25) is 11.8 Å². The minimum atomic E-state index is -0.901. The summed E-state index contributed by atoms with van der Waals surface area (Å²) in [5.41, 5.74) is 7.16. The van der Waals surface area contributed by atoms with E-state index in [1.54, 1.807) is 13.8 Å². The second-order valence-corrected chi connectivity index (χ2v) is 8.14. The van der Waals surface area contributed by atoms with E-state index in [1.807, 2.05) is 54.6 Å². The van der Waals surface area contributed by atoms with E-state index in [2.05, 4.69) is 26.6 Å². The number of halogens is 1. The van der Waals surface area contributed by atoms with E-state index >= 15 is 0 Å². The number of carbonyl (C=O) groups excluding carboxylic acids is 3. The molecule has 0 radical (unpaired) electrons. The van der Waals surface area contributed by atoms with Crippen LogP contribution in [0.1, 0.15) is 25.0 Å². The van der Waals surface area contributed by atoms with Gasteiger partial charge < -0.3 is 21.1 Å². The molecule has 2 atom stereocenters. The first-order valence-electron chi connectivity index (χ1n) is 9.57. The first-order valence-corrected chi connectivity index (χ1v) is 10.4. The monoisotopic (exact) mass is 475 g/mol. The van der Waals surface area contributed by atoms with Crippen molar-refractivity contribution in [1.82, 2.24) is 10.6 Å². The number of benzene rings is 2. The lowest BCUT2D eigenvalue weighted by Gasteiger charge is -2.24. The Kier molecular flexibility index (Phi) is 8.86. The smallest absolute Gasteiger partial charge is 0.408 e. The molecule has 0 aliphatic rings. The largest absolute Gasteiger partial charge is 0.445 e. The molecule has 7 nitrogen and oxygen atoms in total. The van der Waals surface area contributed by atoms with Crippen LogP contribution in [-0.2, 0) is 27.4 Å². The van der Waals surface area contributed by atoms with Crippen LogP contribution in [-0.4, -0.2) is 30.0 Å². The van der Waals surface area contributed by atoms with Crippen LogP contribution in [0.25, 0.3) is 0 Å². The number of amides is 3. The molecule has 0 saturated carbocycles. The van der Waals surface area contributed by atoms with Crippen LogP contribution in [0, 0.1) is 5.92 Å². The summed E-state index contributed by atoms with van der Waals surface area (Å²) in [6.07, 6.45) is -0.464. The van der Waals surface area contributed by atoms with Crippen molar-refractivity contribution in [2.75, 3.05) is 0 Å². The van der Waals surface area contributed by atoms with E-state index in [-0.39, 0.29) is 18.9 Å². The fourth-order valence-electron chi connectivity index (χ4n) is 2.77. The minimum absolute atomic E-state index is 0.0899. The van der Waals surface area contributed by atoms with Crippen molar-refractivity contribution < 1.29 is 19.1 Å². The number of hydrogen-bond acceptors (Lipinski definition) is 4. The van der Waals surface area contributed by atoms with Crippen LogP contribution in [0.4, 0.5) is 4.79 Å². The van der Waals surface area contributed by atoms with Crippen LogP contribution >= 0.6 is 15.9 Å². The van der Waals surface area contributed by atoms with Gasteiger partial charge in [-0.3, -0.25) is 9.59 Å². The number of rotatable bonds is 9. The van der Waals surface area contributed by atoms with Gasteiger partial charge in [-0.05, 0) is 29.2 Å². The molecule has 8 heteroatoms. The maximum atomic E-state index is 12.8. The lowest BCUT2D eigenvalue weighted by Crippen LogP contribution is -2.55. The van der Waals surface area contributed by atoms with Crippen molar-refractivity contribution in [2.45, 2.75) is 39.0 Å². The Hall–Kier alpha value is -2.87. The molecular weight excluding hydrogens is 450 g/mol. The molecule has 30 heavy (non-hydrogen) atoms. The maximum Gasteiger partial charge on any atom is 0.408 e. The van der Waals surface area contributed by atoms with Crippen LogP contribution in [0.2, 0.25) is 0 Å². The van der Waals surface area contributed by atoms with Gasteiger partial charge in [0, 0.05) is 10.9 Å². The standard InChI is InChI=1S/C22H26BrN3O4/c1-14(2)19(26-22(29)30-13-16-6-4-3-5-7-16)21(28)25-18(20(24)27)12-15-8-10-17(23)11-9-15/h3-11,14,18-19H,12-13H2,1-2H3,(H2,24,27)(H,25,28)(H,26,29)/t18-,19+/m1/s1. The fourth-order valence-corrected chi connectivity index (χ4v) is 3.03. The highest BCUT2D eigenvalue weighted by molar-refractivity contribution is 9.10. The van der Waals surface area contributed by atoms with Crippen LogP contribution in [0.5, 0.6) is 0 Å². The second-order valence-electron chi connectivity index (χ2n) is 7.22. The number of alkyl carbamates (subject to hydrolysis) is 1. The highest BCUT2D eigenvalue weighted by Crippen LogP contribution is 2.12. The average molecular weight is 476 g/mol. The zero-order chi connectivity index (χ0) is 22.1. The lowest BCUT2D eigenvalue weighted by atomic mass is 10.0. The molecule has 0 aliphatic carbocycles. The summed E-state index contributed by atoms with van der Waals surface area (Å²) >= 11 is 3.35. The van der Waals surface area contributed by atoms with Crippen LogP contribution in [0.3, 0.4) is 0 Å². The highest BCUT2D eigenvalue weighted by atomic mass is 79.9. The van der Waals surface area contributed by atoms with Gasteiger partial charge in [-0.15, -0.1) is 0 Å². The zero-order valence-electron chi connectivity index (χ0n) is 16.9. The van der Waals surface area contributed by atoms with Gasteiger partial charge in [0.1, 0.15) is 18.7 Å². The summed E-state index contributed by atoms with van der Waals surface area (Å²) in [5.74, 6) is -1.38. The average Bonchev–Trinajstić information content (AvgIpc) is 2.71. The van der Waals surface area contributed by atoms with Crippen molar-refractivity contribution >= 4 is 33.8 Å². The summed E-state index contributed by atoms with van der Waals surface area (Å²) in [6, 6.07) is 14.8. The Morgan fingerprint density at radius 2 is 1.60 bits per heavy atom. The van der Waals surface area contributed by atoms with E-state index in [1.165, 1.54) is 0 Å². The molecule has 2 rings (SSSR count). The first kappa shape index (κ1) is 23.4. The van der Waals surface area contributed by atoms with Crippen molar-refractivity contribution in [3.05, 3.63) is 70.2 Å². The van der Waals surface area contributed by atoms with Gasteiger partial charge in [-0.2, -0.15) is 0 Å². The molecular formula is C22H26BrN3O4. The normalized spacial score (nSPS) is 12.7. The van der Waals surface area contributed by atoms with Crippen molar-refractivity contribution in [3.8, 4) is 0 Å². The van der Waals surface area contributed by atoms with E-state index in [9.17, 15) is 14.4 Å². The Balaban J connectivity index is 1.97. The van der Waals surface area contributed by atoms with Gasteiger partial charge in [0.05, 0.1) is 0 Å². The lowest BCUT2D eigenvalue weighted by molar-refractivity contribution is -0.129. The van der Waals surface area contributed by atoms with Gasteiger partial charge in [0.25, 0.3) is 0 Å². The molecule has 0 aliphatic heterocycles. The minimum Gasteiger partial charge on any atom is -0.445 e. The predicted molar refractivity (Wildman–Crippen MR) is 117 cm³/mol. The number of primary amides is 1. The molecule has 0 bridgehead atoms. The molecule has 4 N–H and O–H groups in total. The molecule has 0 saturated heterocycles. The summed E-state index contributed by atoms with van der Waals surface area (Å²) in [4.78, 5) is 36.8. The van der Waals surface area contributed by atoms with Crippen LogP contribution in [0.15, 0.2) is 59.1 Å². The zero-order valence-corrected chi connectivity index (χ0v) is 18.5. The Labute approximate surface area is 184 Å². The third-order valence-electron chi connectivity index (χ3n) is 4.45. The van der Waals surface area contributed by atoms with E-state index < -0.39 is 30.0 Å². The summed E-state index contributed by atoms with van der Waals surface area (Å²) < 4.78 is 6.10. The summed E-state index contributed by atoms with van der Waals surface area (Å²) in [5, 5.41) is 5.22. The van der Waals surface area contributed by atoms with Crippen molar-refractivity contribution in [1.29, 1.82) is 0 Å². The molecule has 2 aromatic rings. The third kappa shape index (κ3) is 7.51. The van der Waals surface area contributed by atoms with Gasteiger partial charge >= 0.3 is 6.09 Å². The van der Waals surface area contributed by atoms with Gasteiger partial charge in [0.15, 0.2) is 0 Å². The fraction of sp³-hybridized carbons (Fsp3) is 0.318. The Bertz CT molecular complexity index is 856. The van der Waals surface area contributed by atoms with E-state index in [0.717, 1.165) is 15.6 Å². The summed E-state index contributed by atoms with van der Waals surface area (Å²) in [6.45, 7) is 3.66. The molecule has 2 aromatic carbocycles. The number of nitrogens with one attached hydrogen (secondary N) is 2. The SMILES string of the molecule is CC(C)[C@H](NC(=O)OCc1ccccc1)C(=O)N[C@H](Cc1ccc(Br)cc1)C(N)=O. The molecule has 0 heterocycles. The number of carbonyl (C=O) groups is 3. The van der Waals surface area contributed by atoms with Crippen molar-refractivity contribution in [2.24, 2.45) is 11.7 Å². The number of ether oxygens (including phenoxy) is 1. The molecule has 0 spiro atoms. The Morgan fingerprint density at radius 1 is 0.967 bits per heavy atom. The highest BCUT2D eigenvalue weighted by Gasteiger charge is 2.28. The molecule has 0 unspecified atom stereocenters. The number of nitrogens with two attached hydrogens (primary N) is 1. The molecule has 0 aromatic heterocycles. The molecule has 0 fully saturated rings. The molecule has 160 valence electrons. The quantitative estimate of drug-likeness (QED) is 0.517. The third-order valence-corrected chi connectivity index (χ3v) is 4.98. The maximum absolute atomic E-state index is 12.8. The number of hydrogen-bond donors (Lipinski definition) is 3. The van der Waals surface area contributed by atoms with Gasteiger partial charge in [-0.25, -0.2) is 4.79 Å². The van der Waals surface area contributed by atoms with Gasteiger partial charge in [-0.1, -0.05) is 72.2 Å². The van der Waals surface area contributed by atoms with Crippen LogP contribution < -0.4 is 16.4 Å². The van der Waals surface area contributed by atoms with E-state index in [4.69, 9.17) is 10.5 Å². The van der Waals surface area contributed by atoms with E-state index in [0.29, 0.717) is 0 Å². The first-order chi connectivity index (χ1) is 14.3. The van der Waals surface area contributed by atoms with Crippen molar-refractivity contribution in [3.63, 3.8) is 0 Å². The summed E-state index contributed by atoms with van der Waals surface area (Å²) in [7, 11) is 0. The Morgan fingerprint density at radius 3 is 2.17 bits per heavy atom. The topological polar surface area (TPSA) is 111 Å².